The standard InChI is InChI=1S/C14H14N2O/c1-9(17)13-8-11(4-7-14(13)16)10-2-5-12(15)6-3-10/h2-8H,15-16H2,1H3. The third-order valence-corrected chi connectivity index (χ3v) is 2.68. The van der Waals surface area contributed by atoms with Gasteiger partial charge in [0, 0.05) is 16.9 Å². The lowest BCUT2D eigenvalue weighted by molar-refractivity contribution is 0.101. The lowest BCUT2D eigenvalue weighted by Crippen LogP contribution is -1.99. The van der Waals surface area contributed by atoms with Crippen molar-refractivity contribution in [3.63, 3.8) is 0 Å². The van der Waals surface area contributed by atoms with E-state index < -0.39 is 0 Å². The van der Waals surface area contributed by atoms with E-state index in [0.29, 0.717) is 11.3 Å². The van der Waals surface area contributed by atoms with Gasteiger partial charge in [-0.1, -0.05) is 18.2 Å². The van der Waals surface area contributed by atoms with E-state index in [1.807, 2.05) is 36.4 Å². The Balaban J connectivity index is 2.50. The first kappa shape index (κ1) is 11.2. The number of hydrogen-bond acceptors (Lipinski definition) is 3. The van der Waals surface area contributed by atoms with Crippen molar-refractivity contribution in [3.05, 3.63) is 48.0 Å². The Morgan fingerprint density at radius 3 is 2.12 bits per heavy atom. The average molecular weight is 226 g/mol. The molecular weight excluding hydrogens is 212 g/mol. The monoisotopic (exact) mass is 226 g/mol. The molecular formula is C14H14N2O. The molecule has 0 aromatic heterocycles. The van der Waals surface area contributed by atoms with Crippen LogP contribution in [-0.2, 0) is 0 Å². The number of Topliss-reactive ketones (excluding diaryl/α,β-unsaturated/α-hetero) is 1. The molecule has 2 rings (SSSR count). The zero-order valence-electron chi connectivity index (χ0n) is 9.60. The van der Waals surface area contributed by atoms with Gasteiger partial charge in [-0.25, -0.2) is 0 Å². The Morgan fingerprint density at radius 2 is 1.53 bits per heavy atom. The minimum atomic E-state index is -0.0280. The van der Waals surface area contributed by atoms with Gasteiger partial charge in [-0.05, 0) is 42.3 Å². The van der Waals surface area contributed by atoms with Crippen LogP contribution in [0.3, 0.4) is 0 Å². The molecule has 3 nitrogen and oxygen atoms in total. The Bertz CT molecular complexity index is 559. The number of carbonyl (C=O) groups is 1. The van der Waals surface area contributed by atoms with Crippen LogP contribution in [0.4, 0.5) is 11.4 Å². The normalized spacial score (nSPS) is 10.2. The van der Waals surface area contributed by atoms with Crippen LogP contribution in [0.1, 0.15) is 17.3 Å². The molecule has 2 aromatic rings. The van der Waals surface area contributed by atoms with Crippen molar-refractivity contribution in [2.45, 2.75) is 6.92 Å². The molecule has 0 spiro atoms. The van der Waals surface area contributed by atoms with Crippen LogP contribution < -0.4 is 11.5 Å². The molecule has 0 aliphatic heterocycles. The number of ketones is 1. The third kappa shape index (κ3) is 2.28. The molecule has 0 atom stereocenters. The number of nitrogen functional groups attached to an aromatic ring is 2. The summed E-state index contributed by atoms with van der Waals surface area (Å²) in [4.78, 5) is 11.4. The first-order valence-electron chi connectivity index (χ1n) is 5.34. The highest BCUT2D eigenvalue weighted by Gasteiger charge is 2.06. The Hall–Kier alpha value is -2.29. The fourth-order valence-electron chi connectivity index (χ4n) is 1.72. The number of anilines is 2. The van der Waals surface area contributed by atoms with E-state index in [2.05, 4.69) is 0 Å². The van der Waals surface area contributed by atoms with Crippen LogP contribution in [0.5, 0.6) is 0 Å². The first-order valence-corrected chi connectivity index (χ1v) is 5.34. The largest absolute Gasteiger partial charge is 0.399 e. The van der Waals surface area contributed by atoms with E-state index in [-0.39, 0.29) is 5.78 Å². The van der Waals surface area contributed by atoms with E-state index in [9.17, 15) is 4.79 Å². The number of hydrogen-bond donors (Lipinski definition) is 2. The van der Waals surface area contributed by atoms with Crippen molar-refractivity contribution in [2.75, 3.05) is 11.5 Å². The molecule has 0 fully saturated rings. The predicted octanol–water partition coefficient (Wildman–Crippen LogP) is 2.72. The molecule has 0 radical (unpaired) electrons. The van der Waals surface area contributed by atoms with Gasteiger partial charge in [0.2, 0.25) is 0 Å². The van der Waals surface area contributed by atoms with Gasteiger partial charge in [0.05, 0.1) is 0 Å². The van der Waals surface area contributed by atoms with Crippen molar-refractivity contribution in [2.24, 2.45) is 0 Å². The molecule has 86 valence electrons. The van der Waals surface area contributed by atoms with Crippen LogP contribution >= 0.6 is 0 Å². The highest BCUT2D eigenvalue weighted by atomic mass is 16.1. The average Bonchev–Trinajstić information content (AvgIpc) is 2.30. The number of benzene rings is 2. The summed E-state index contributed by atoms with van der Waals surface area (Å²) in [5, 5.41) is 0. The number of nitrogens with two attached hydrogens (primary N) is 2. The smallest absolute Gasteiger partial charge is 0.161 e. The van der Waals surface area contributed by atoms with Crippen molar-refractivity contribution >= 4 is 17.2 Å². The first-order chi connectivity index (χ1) is 8.08. The molecule has 0 saturated carbocycles. The molecule has 0 heterocycles. The fraction of sp³-hybridized carbons (Fsp3) is 0.0714. The van der Waals surface area contributed by atoms with Gasteiger partial charge in [-0.3, -0.25) is 4.79 Å². The fourth-order valence-corrected chi connectivity index (χ4v) is 1.72. The number of carbonyl (C=O) groups excluding carboxylic acids is 1. The second-order valence-electron chi connectivity index (χ2n) is 3.98. The van der Waals surface area contributed by atoms with E-state index >= 15 is 0 Å². The summed E-state index contributed by atoms with van der Waals surface area (Å²) in [6.45, 7) is 1.51. The van der Waals surface area contributed by atoms with E-state index in [1.54, 1.807) is 6.07 Å². The Morgan fingerprint density at radius 1 is 0.941 bits per heavy atom. The Kier molecular flexibility index (Phi) is 2.83. The van der Waals surface area contributed by atoms with Gasteiger partial charge in [0.1, 0.15) is 0 Å². The summed E-state index contributed by atoms with van der Waals surface area (Å²) in [6.07, 6.45) is 0. The van der Waals surface area contributed by atoms with Crippen LogP contribution in [0, 0.1) is 0 Å². The molecule has 0 saturated heterocycles. The summed E-state index contributed by atoms with van der Waals surface area (Å²) in [5.41, 5.74) is 15.1. The number of rotatable bonds is 2. The predicted molar refractivity (Wildman–Crippen MR) is 70.7 cm³/mol. The SMILES string of the molecule is CC(=O)c1cc(-c2ccc(N)cc2)ccc1N. The second-order valence-corrected chi connectivity index (χ2v) is 3.98. The zero-order chi connectivity index (χ0) is 12.4. The molecule has 0 unspecified atom stereocenters. The van der Waals surface area contributed by atoms with Crippen molar-refractivity contribution in [1.29, 1.82) is 0 Å². The highest BCUT2D eigenvalue weighted by Crippen LogP contribution is 2.24. The molecule has 17 heavy (non-hydrogen) atoms. The van der Waals surface area contributed by atoms with Crippen molar-refractivity contribution < 1.29 is 4.79 Å². The summed E-state index contributed by atoms with van der Waals surface area (Å²) in [6, 6.07) is 13.0. The van der Waals surface area contributed by atoms with Crippen LogP contribution in [0.15, 0.2) is 42.5 Å². The molecule has 3 heteroatoms. The molecule has 4 N–H and O–H groups in total. The quantitative estimate of drug-likeness (QED) is 0.611. The summed E-state index contributed by atoms with van der Waals surface area (Å²) in [5.74, 6) is -0.0280. The maximum atomic E-state index is 11.4. The van der Waals surface area contributed by atoms with E-state index in [0.717, 1.165) is 16.8 Å². The zero-order valence-corrected chi connectivity index (χ0v) is 9.60. The molecule has 0 bridgehead atoms. The Labute approximate surface area is 100 Å². The van der Waals surface area contributed by atoms with E-state index in [4.69, 9.17) is 11.5 Å². The summed E-state index contributed by atoms with van der Waals surface area (Å²) in [7, 11) is 0. The van der Waals surface area contributed by atoms with Gasteiger partial charge in [-0.15, -0.1) is 0 Å². The topological polar surface area (TPSA) is 69.1 Å². The molecule has 0 amide bonds. The molecule has 2 aromatic carbocycles. The molecule has 0 aliphatic rings. The third-order valence-electron chi connectivity index (χ3n) is 2.68. The summed E-state index contributed by atoms with van der Waals surface area (Å²) >= 11 is 0. The van der Waals surface area contributed by atoms with Gasteiger partial charge in [-0.2, -0.15) is 0 Å². The van der Waals surface area contributed by atoms with Crippen LogP contribution in [0.2, 0.25) is 0 Å². The van der Waals surface area contributed by atoms with Gasteiger partial charge in [0.15, 0.2) is 5.78 Å². The van der Waals surface area contributed by atoms with Crippen molar-refractivity contribution in [3.8, 4) is 11.1 Å². The lowest BCUT2D eigenvalue weighted by Gasteiger charge is -2.06. The van der Waals surface area contributed by atoms with Crippen LogP contribution in [0.25, 0.3) is 11.1 Å². The second kappa shape index (κ2) is 4.29. The minimum Gasteiger partial charge on any atom is -0.399 e. The van der Waals surface area contributed by atoms with Gasteiger partial charge < -0.3 is 11.5 Å². The van der Waals surface area contributed by atoms with Gasteiger partial charge in [0.25, 0.3) is 0 Å². The maximum Gasteiger partial charge on any atom is 0.161 e. The minimum absolute atomic E-state index is 0.0280. The van der Waals surface area contributed by atoms with E-state index in [1.165, 1.54) is 6.92 Å². The van der Waals surface area contributed by atoms with Gasteiger partial charge >= 0.3 is 0 Å². The molecule has 0 aliphatic carbocycles. The van der Waals surface area contributed by atoms with Crippen LogP contribution in [-0.4, -0.2) is 5.78 Å². The highest BCUT2D eigenvalue weighted by molar-refractivity contribution is 6.00. The lowest BCUT2D eigenvalue weighted by atomic mass is 10.00. The summed E-state index contributed by atoms with van der Waals surface area (Å²) < 4.78 is 0. The maximum absolute atomic E-state index is 11.4. The van der Waals surface area contributed by atoms with Crippen molar-refractivity contribution in [1.82, 2.24) is 0 Å².